The van der Waals surface area contributed by atoms with Gasteiger partial charge in [-0.3, -0.25) is 5.10 Å². The molecule has 0 aliphatic heterocycles. The summed E-state index contributed by atoms with van der Waals surface area (Å²) in [6.45, 7) is 1.87. The van der Waals surface area contributed by atoms with E-state index < -0.39 is 0 Å². The van der Waals surface area contributed by atoms with Gasteiger partial charge in [0.25, 0.3) is 0 Å². The smallest absolute Gasteiger partial charge is 0.132 e. The Labute approximate surface area is 75.4 Å². The van der Waals surface area contributed by atoms with Crippen molar-refractivity contribution in [3.05, 3.63) is 41.8 Å². The average molecular weight is 176 g/mol. The molecule has 13 heavy (non-hydrogen) atoms. The molecule has 2 nitrogen and oxygen atoms in total. The first-order chi connectivity index (χ1) is 6.29. The number of halogens is 1. The minimum Gasteiger partial charge on any atom is -0.278 e. The second kappa shape index (κ2) is 3.01. The van der Waals surface area contributed by atoms with Gasteiger partial charge >= 0.3 is 0 Å². The number of aromatic nitrogens is 2. The molecule has 0 fully saturated rings. The zero-order valence-corrected chi connectivity index (χ0v) is 7.21. The van der Waals surface area contributed by atoms with E-state index in [0.717, 1.165) is 11.3 Å². The van der Waals surface area contributed by atoms with Gasteiger partial charge in [0.15, 0.2) is 0 Å². The fourth-order valence-electron chi connectivity index (χ4n) is 1.37. The summed E-state index contributed by atoms with van der Waals surface area (Å²) in [6.07, 6.45) is 1.61. The van der Waals surface area contributed by atoms with Crippen molar-refractivity contribution >= 4 is 0 Å². The second-order valence-corrected chi connectivity index (χ2v) is 2.90. The molecule has 0 saturated heterocycles. The van der Waals surface area contributed by atoms with Crippen molar-refractivity contribution in [1.29, 1.82) is 0 Å². The quantitative estimate of drug-likeness (QED) is 0.710. The second-order valence-electron chi connectivity index (χ2n) is 2.90. The molecule has 0 radical (unpaired) electrons. The topological polar surface area (TPSA) is 28.7 Å². The number of aryl methyl sites for hydroxylation is 1. The predicted molar refractivity (Wildman–Crippen MR) is 48.7 cm³/mol. The summed E-state index contributed by atoms with van der Waals surface area (Å²) in [6, 6.07) is 6.78. The molecule has 66 valence electrons. The van der Waals surface area contributed by atoms with E-state index in [9.17, 15) is 4.39 Å². The van der Waals surface area contributed by atoms with Crippen LogP contribution in [0.25, 0.3) is 11.3 Å². The Balaban J connectivity index is 2.64. The lowest BCUT2D eigenvalue weighted by molar-refractivity contribution is 0.629. The van der Waals surface area contributed by atoms with E-state index in [1.54, 1.807) is 18.3 Å². The van der Waals surface area contributed by atoms with Crippen LogP contribution in [-0.4, -0.2) is 10.2 Å². The number of rotatable bonds is 1. The van der Waals surface area contributed by atoms with Crippen LogP contribution in [0.1, 0.15) is 5.56 Å². The van der Waals surface area contributed by atoms with Crippen LogP contribution in [0.15, 0.2) is 30.5 Å². The van der Waals surface area contributed by atoms with E-state index in [4.69, 9.17) is 0 Å². The van der Waals surface area contributed by atoms with Gasteiger partial charge in [0.2, 0.25) is 0 Å². The highest BCUT2D eigenvalue weighted by molar-refractivity contribution is 5.63. The Morgan fingerprint density at radius 1 is 1.31 bits per heavy atom. The molecule has 0 saturated carbocycles. The summed E-state index contributed by atoms with van der Waals surface area (Å²) in [5, 5.41) is 6.53. The van der Waals surface area contributed by atoms with E-state index in [0.29, 0.717) is 5.56 Å². The lowest BCUT2D eigenvalue weighted by atomic mass is 10.1. The maximum Gasteiger partial charge on any atom is 0.132 e. The number of H-pyrrole nitrogens is 1. The number of hydrogen-bond donors (Lipinski definition) is 1. The van der Waals surface area contributed by atoms with Crippen LogP contribution in [0.4, 0.5) is 4.39 Å². The van der Waals surface area contributed by atoms with Gasteiger partial charge in [0, 0.05) is 11.8 Å². The van der Waals surface area contributed by atoms with Gasteiger partial charge in [0.1, 0.15) is 5.82 Å². The summed E-state index contributed by atoms with van der Waals surface area (Å²) >= 11 is 0. The fourth-order valence-corrected chi connectivity index (χ4v) is 1.37. The van der Waals surface area contributed by atoms with Crippen molar-refractivity contribution < 1.29 is 4.39 Å². The number of nitrogens with one attached hydrogen (secondary N) is 1. The van der Waals surface area contributed by atoms with E-state index in [2.05, 4.69) is 10.2 Å². The summed E-state index contributed by atoms with van der Waals surface area (Å²) in [4.78, 5) is 0. The summed E-state index contributed by atoms with van der Waals surface area (Å²) < 4.78 is 13.4. The van der Waals surface area contributed by atoms with Gasteiger partial charge in [-0.15, -0.1) is 0 Å². The maximum absolute atomic E-state index is 13.4. The van der Waals surface area contributed by atoms with Crippen LogP contribution in [0.5, 0.6) is 0 Å². The van der Waals surface area contributed by atoms with Crippen LogP contribution >= 0.6 is 0 Å². The van der Waals surface area contributed by atoms with Gasteiger partial charge in [-0.2, -0.15) is 5.10 Å². The van der Waals surface area contributed by atoms with Crippen molar-refractivity contribution in [2.24, 2.45) is 0 Å². The molecule has 0 atom stereocenters. The highest BCUT2D eigenvalue weighted by atomic mass is 19.1. The molecule has 0 amide bonds. The Morgan fingerprint density at radius 3 is 2.77 bits per heavy atom. The monoisotopic (exact) mass is 176 g/mol. The minimum absolute atomic E-state index is 0.218. The number of benzene rings is 1. The largest absolute Gasteiger partial charge is 0.278 e. The van der Waals surface area contributed by atoms with Gasteiger partial charge in [-0.05, 0) is 24.6 Å². The zero-order chi connectivity index (χ0) is 9.26. The van der Waals surface area contributed by atoms with Crippen LogP contribution in [0.3, 0.4) is 0 Å². The van der Waals surface area contributed by atoms with Gasteiger partial charge in [-0.1, -0.05) is 12.1 Å². The molecule has 1 aromatic heterocycles. The molecular weight excluding hydrogens is 167 g/mol. The third-order valence-corrected chi connectivity index (χ3v) is 1.99. The summed E-state index contributed by atoms with van der Waals surface area (Å²) in [7, 11) is 0. The predicted octanol–water partition coefficient (Wildman–Crippen LogP) is 2.52. The Kier molecular flexibility index (Phi) is 1.85. The summed E-state index contributed by atoms with van der Waals surface area (Å²) in [5.41, 5.74) is 2.22. The zero-order valence-electron chi connectivity index (χ0n) is 7.21. The highest BCUT2D eigenvalue weighted by Gasteiger charge is 2.07. The molecule has 0 unspecified atom stereocenters. The summed E-state index contributed by atoms with van der Waals surface area (Å²) in [5.74, 6) is -0.218. The average Bonchev–Trinajstić information content (AvgIpc) is 2.57. The van der Waals surface area contributed by atoms with Crippen LogP contribution in [-0.2, 0) is 0 Å². The van der Waals surface area contributed by atoms with Gasteiger partial charge in [0.05, 0.1) is 5.69 Å². The Hall–Kier alpha value is -1.64. The first kappa shape index (κ1) is 7.98. The molecule has 1 N–H and O–H groups in total. The molecule has 1 heterocycles. The standard InChI is InChI=1S/C10H9FN2/c1-7-3-2-4-8(11)10(7)9-5-6-12-13-9/h2-6H,1H3,(H,12,13). The lowest BCUT2D eigenvalue weighted by Gasteiger charge is -2.03. The SMILES string of the molecule is Cc1cccc(F)c1-c1ccn[nH]1. The minimum atomic E-state index is -0.218. The molecule has 2 rings (SSSR count). The third-order valence-electron chi connectivity index (χ3n) is 1.99. The van der Waals surface area contributed by atoms with Crippen molar-refractivity contribution in [3.8, 4) is 11.3 Å². The van der Waals surface area contributed by atoms with Crippen molar-refractivity contribution in [1.82, 2.24) is 10.2 Å². The van der Waals surface area contributed by atoms with Crippen LogP contribution < -0.4 is 0 Å². The number of nitrogens with zero attached hydrogens (tertiary/aromatic N) is 1. The first-order valence-corrected chi connectivity index (χ1v) is 4.04. The van der Waals surface area contributed by atoms with Crippen molar-refractivity contribution in [2.45, 2.75) is 6.92 Å². The lowest BCUT2D eigenvalue weighted by Crippen LogP contribution is -1.88. The highest BCUT2D eigenvalue weighted by Crippen LogP contribution is 2.23. The molecule has 1 aromatic carbocycles. The van der Waals surface area contributed by atoms with E-state index in [1.165, 1.54) is 6.07 Å². The fraction of sp³-hybridized carbons (Fsp3) is 0.100. The van der Waals surface area contributed by atoms with Crippen molar-refractivity contribution in [3.63, 3.8) is 0 Å². The van der Waals surface area contributed by atoms with Crippen molar-refractivity contribution in [2.75, 3.05) is 0 Å². The normalized spacial score (nSPS) is 10.3. The molecule has 0 spiro atoms. The Bertz CT molecular complexity index is 387. The van der Waals surface area contributed by atoms with E-state index in [-0.39, 0.29) is 5.82 Å². The van der Waals surface area contributed by atoms with E-state index in [1.807, 2.05) is 13.0 Å². The van der Waals surface area contributed by atoms with Crippen LogP contribution in [0.2, 0.25) is 0 Å². The van der Waals surface area contributed by atoms with Gasteiger partial charge in [-0.25, -0.2) is 4.39 Å². The molecule has 2 aromatic rings. The maximum atomic E-state index is 13.4. The third kappa shape index (κ3) is 1.33. The molecule has 3 heteroatoms. The van der Waals surface area contributed by atoms with Gasteiger partial charge < -0.3 is 0 Å². The Morgan fingerprint density at radius 2 is 2.15 bits per heavy atom. The molecule has 0 aliphatic rings. The first-order valence-electron chi connectivity index (χ1n) is 4.04. The molecule has 0 bridgehead atoms. The molecule has 0 aliphatic carbocycles. The number of hydrogen-bond acceptors (Lipinski definition) is 1. The van der Waals surface area contributed by atoms with Crippen LogP contribution in [0, 0.1) is 12.7 Å². The molecular formula is C10H9FN2. The number of aromatic amines is 1. The van der Waals surface area contributed by atoms with E-state index >= 15 is 0 Å².